The molecule has 30 heavy (non-hydrogen) atoms. The summed E-state index contributed by atoms with van der Waals surface area (Å²) in [6.07, 6.45) is 5.34. The Morgan fingerprint density at radius 1 is 1.20 bits per heavy atom. The second-order valence-electron chi connectivity index (χ2n) is 7.88. The third-order valence-corrected chi connectivity index (χ3v) is 5.34. The number of alkyl halides is 1. The largest absolute Gasteiger partial charge is 0.432 e. The molecule has 1 aliphatic rings. The average molecular weight is 405 g/mol. The van der Waals surface area contributed by atoms with Gasteiger partial charge in [0.25, 0.3) is 5.91 Å². The molecule has 1 N–H and O–H groups in total. The van der Waals surface area contributed by atoms with Crippen LogP contribution in [0.25, 0.3) is 10.8 Å². The first-order valence-electron chi connectivity index (χ1n) is 9.75. The number of rotatable bonds is 3. The number of H-pyrrole nitrogens is 1. The summed E-state index contributed by atoms with van der Waals surface area (Å²) in [5.74, 6) is -0.490. The highest BCUT2D eigenvalue weighted by Crippen LogP contribution is 2.35. The van der Waals surface area contributed by atoms with Crippen molar-refractivity contribution in [3.05, 3.63) is 77.8 Å². The fraction of sp³-hybridized carbons (Fsp3) is 0.273. The van der Waals surface area contributed by atoms with Gasteiger partial charge in [-0.15, -0.1) is 0 Å². The number of amides is 1. The van der Waals surface area contributed by atoms with Gasteiger partial charge in [0.2, 0.25) is 11.7 Å². The van der Waals surface area contributed by atoms with Crippen molar-refractivity contribution < 1.29 is 13.6 Å². The van der Waals surface area contributed by atoms with Crippen LogP contribution in [-0.4, -0.2) is 37.3 Å². The molecule has 152 valence electrons. The quantitative estimate of drug-likeness (QED) is 0.558. The first kappa shape index (κ1) is 18.5. The number of pyridine rings is 1. The number of aromatic nitrogens is 4. The van der Waals surface area contributed by atoms with Crippen LogP contribution in [0.5, 0.6) is 0 Å². The highest BCUT2D eigenvalue weighted by Gasteiger charge is 2.37. The van der Waals surface area contributed by atoms with Crippen molar-refractivity contribution in [1.82, 2.24) is 24.8 Å². The summed E-state index contributed by atoms with van der Waals surface area (Å²) in [4.78, 5) is 31.2. The van der Waals surface area contributed by atoms with E-state index in [2.05, 4.69) is 19.9 Å². The predicted octanol–water partition coefficient (Wildman–Crippen LogP) is 3.94. The molecule has 0 radical (unpaired) electrons. The molecule has 3 aromatic heterocycles. The van der Waals surface area contributed by atoms with E-state index in [0.717, 1.165) is 22.2 Å². The van der Waals surface area contributed by atoms with E-state index in [-0.39, 0.29) is 17.6 Å². The van der Waals surface area contributed by atoms with Crippen molar-refractivity contribution in [2.75, 3.05) is 6.54 Å². The van der Waals surface area contributed by atoms with Gasteiger partial charge in [0.15, 0.2) is 5.67 Å². The van der Waals surface area contributed by atoms with E-state index < -0.39 is 11.7 Å². The van der Waals surface area contributed by atoms with Gasteiger partial charge in [-0.05, 0) is 25.3 Å². The van der Waals surface area contributed by atoms with Gasteiger partial charge in [-0.1, -0.05) is 24.3 Å². The van der Waals surface area contributed by atoms with Gasteiger partial charge in [0.05, 0.1) is 23.9 Å². The number of carbonyl (C=O) groups is 1. The number of aromatic amines is 1. The molecule has 1 atom stereocenters. The van der Waals surface area contributed by atoms with E-state index in [1.54, 1.807) is 17.4 Å². The topological polar surface area (TPSA) is 87.9 Å². The summed E-state index contributed by atoms with van der Waals surface area (Å²) in [6, 6.07) is 9.41. The Morgan fingerprint density at radius 2 is 2.00 bits per heavy atom. The maximum Gasteiger partial charge on any atom is 0.292 e. The summed E-state index contributed by atoms with van der Waals surface area (Å²) in [7, 11) is 0. The van der Waals surface area contributed by atoms with Crippen LogP contribution in [0, 0.1) is 0 Å². The number of benzene rings is 1. The van der Waals surface area contributed by atoms with Crippen LogP contribution in [0.2, 0.25) is 0 Å². The minimum Gasteiger partial charge on any atom is -0.432 e. The van der Waals surface area contributed by atoms with Crippen LogP contribution in [0.1, 0.15) is 53.4 Å². The number of fused-ring (bicyclic) bond motifs is 2. The monoisotopic (exact) mass is 405 g/mol. The number of nitrogens with zero attached hydrogens (tertiary/aromatic N) is 4. The Bertz CT molecular complexity index is 1240. The zero-order valence-electron chi connectivity index (χ0n) is 16.6. The third kappa shape index (κ3) is 3.04. The Kier molecular flexibility index (Phi) is 4.16. The summed E-state index contributed by atoms with van der Waals surface area (Å²) in [5, 5.41) is 2.04. The summed E-state index contributed by atoms with van der Waals surface area (Å²) in [5.41, 5.74) is 0.667. The number of hydrogen-bond acceptors (Lipinski definition) is 5. The number of halogens is 1. The smallest absolute Gasteiger partial charge is 0.292 e. The molecule has 4 aromatic rings. The van der Waals surface area contributed by atoms with Gasteiger partial charge in [0.1, 0.15) is 6.04 Å². The van der Waals surface area contributed by atoms with Crippen molar-refractivity contribution >= 4 is 16.7 Å². The lowest BCUT2D eigenvalue weighted by Crippen LogP contribution is -2.41. The molecule has 0 fully saturated rings. The number of hydrogen-bond donors (Lipinski definition) is 1. The van der Waals surface area contributed by atoms with Crippen LogP contribution >= 0.6 is 0 Å². The van der Waals surface area contributed by atoms with Crippen LogP contribution in [0.3, 0.4) is 0 Å². The normalized spacial score (nSPS) is 16.6. The number of imidazole rings is 1. The first-order chi connectivity index (χ1) is 14.4. The molecule has 7 nitrogen and oxygen atoms in total. The lowest BCUT2D eigenvalue weighted by molar-refractivity contribution is 0.0644. The molecule has 0 unspecified atom stereocenters. The van der Waals surface area contributed by atoms with Crippen molar-refractivity contribution in [2.45, 2.75) is 32.0 Å². The third-order valence-electron chi connectivity index (χ3n) is 5.34. The van der Waals surface area contributed by atoms with Gasteiger partial charge in [-0.25, -0.2) is 14.4 Å². The number of carbonyl (C=O) groups excluding carboxylic acids is 1. The predicted molar refractivity (Wildman–Crippen MR) is 108 cm³/mol. The molecule has 1 aliphatic heterocycles. The standard InChI is InChI=1S/C22H20FN5O2/c1-22(2,23)21-25-11-17(30-21)20(29)28-8-7-15-18(27-12-26-15)19(28)16-9-13-5-3-4-6-14(13)10-24-16/h3-6,9-12,19H,7-8H2,1-2H3,(H,26,27)/t19-/m1/s1. The lowest BCUT2D eigenvalue weighted by atomic mass is 9.97. The number of nitrogens with one attached hydrogen (secondary N) is 1. The Labute approximate surface area is 172 Å². The first-order valence-corrected chi connectivity index (χ1v) is 9.75. The van der Waals surface area contributed by atoms with Gasteiger partial charge >= 0.3 is 0 Å². The molecule has 0 aliphatic carbocycles. The maximum absolute atomic E-state index is 14.2. The molecule has 0 spiro atoms. The Hall–Kier alpha value is -3.55. The van der Waals surface area contributed by atoms with Crippen molar-refractivity contribution in [1.29, 1.82) is 0 Å². The van der Waals surface area contributed by atoms with Crippen LogP contribution in [0.4, 0.5) is 4.39 Å². The molecular formula is C22H20FN5O2. The van der Waals surface area contributed by atoms with Gasteiger partial charge in [-0.3, -0.25) is 9.78 Å². The Morgan fingerprint density at radius 3 is 2.77 bits per heavy atom. The van der Waals surface area contributed by atoms with Crippen molar-refractivity contribution in [3.63, 3.8) is 0 Å². The van der Waals surface area contributed by atoms with E-state index in [4.69, 9.17) is 4.42 Å². The molecule has 1 amide bonds. The second kappa shape index (κ2) is 6.76. The molecular weight excluding hydrogens is 385 g/mol. The van der Waals surface area contributed by atoms with E-state index in [0.29, 0.717) is 18.7 Å². The molecule has 0 bridgehead atoms. The van der Waals surface area contributed by atoms with Gasteiger partial charge in [0, 0.05) is 30.2 Å². The average Bonchev–Trinajstić information content (AvgIpc) is 3.41. The zero-order chi connectivity index (χ0) is 20.9. The highest BCUT2D eigenvalue weighted by molar-refractivity contribution is 5.92. The minimum absolute atomic E-state index is 0.000463. The van der Waals surface area contributed by atoms with E-state index >= 15 is 0 Å². The molecule has 0 saturated carbocycles. The fourth-order valence-electron chi connectivity index (χ4n) is 3.83. The van der Waals surface area contributed by atoms with Crippen LogP contribution in [0.15, 0.2) is 53.5 Å². The minimum atomic E-state index is -1.77. The van der Waals surface area contributed by atoms with Gasteiger partial charge < -0.3 is 14.3 Å². The van der Waals surface area contributed by atoms with Crippen molar-refractivity contribution in [3.8, 4) is 0 Å². The fourth-order valence-corrected chi connectivity index (χ4v) is 3.83. The zero-order valence-corrected chi connectivity index (χ0v) is 16.6. The molecule has 1 aromatic carbocycles. The molecule has 4 heterocycles. The van der Waals surface area contributed by atoms with E-state index in [9.17, 15) is 9.18 Å². The second-order valence-corrected chi connectivity index (χ2v) is 7.88. The summed E-state index contributed by atoms with van der Waals surface area (Å²) < 4.78 is 19.6. The molecule has 8 heteroatoms. The lowest BCUT2D eigenvalue weighted by Gasteiger charge is -2.34. The van der Waals surface area contributed by atoms with Gasteiger partial charge in [-0.2, -0.15) is 0 Å². The SMILES string of the molecule is CC(C)(F)c1ncc(C(=O)N2CCc3[nH]cnc3[C@H]2c2cc3ccccc3cn2)o1. The summed E-state index contributed by atoms with van der Waals surface area (Å²) >= 11 is 0. The van der Waals surface area contributed by atoms with Crippen LogP contribution in [-0.2, 0) is 12.1 Å². The molecule has 0 saturated heterocycles. The highest BCUT2D eigenvalue weighted by atomic mass is 19.1. The van der Waals surface area contributed by atoms with Crippen molar-refractivity contribution in [2.24, 2.45) is 0 Å². The van der Waals surface area contributed by atoms with E-state index in [1.807, 2.05) is 30.3 Å². The Balaban J connectivity index is 1.58. The maximum atomic E-state index is 14.2. The van der Waals surface area contributed by atoms with E-state index in [1.165, 1.54) is 20.0 Å². The summed E-state index contributed by atoms with van der Waals surface area (Å²) in [6.45, 7) is 3.12. The number of oxazole rings is 1. The van der Waals surface area contributed by atoms with Crippen LogP contribution < -0.4 is 0 Å². The molecule has 5 rings (SSSR count).